The molecule has 0 saturated heterocycles. The molecule has 0 bridgehead atoms. The van der Waals surface area contributed by atoms with Gasteiger partial charge in [0.05, 0.1) is 5.76 Å². The molecule has 21 heavy (non-hydrogen) atoms. The third-order valence-corrected chi connectivity index (χ3v) is 4.90. The van der Waals surface area contributed by atoms with Crippen LogP contribution >= 0.6 is 0 Å². The molecule has 0 aromatic carbocycles. The number of rotatable bonds is 3. The smallest absolute Gasteiger partial charge is 0.303 e. The van der Waals surface area contributed by atoms with Crippen molar-refractivity contribution in [3.63, 3.8) is 0 Å². The Morgan fingerprint density at radius 2 is 1.76 bits per heavy atom. The minimum absolute atomic E-state index is 0.0918. The fourth-order valence-electron chi connectivity index (χ4n) is 2.89. The van der Waals surface area contributed by atoms with E-state index in [-0.39, 0.29) is 22.7 Å². The average molecular weight is 294 g/mol. The van der Waals surface area contributed by atoms with Gasteiger partial charge in [0, 0.05) is 11.8 Å². The highest BCUT2D eigenvalue weighted by molar-refractivity contribution is 5.67. The van der Waals surface area contributed by atoms with Gasteiger partial charge in [-0.25, -0.2) is 0 Å². The largest absolute Gasteiger partial charge is 0.512 e. The monoisotopic (exact) mass is 294 g/mol. The zero-order valence-electron chi connectivity index (χ0n) is 14.5. The third kappa shape index (κ3) is 3.69. The van der Waals surface area contributed by atoms with Crippen LogP contribution in [0, 0.1) is 16.2 Å². The maximum atomic E-state index is 10.9. The Balaban J connectivity index is 3.30. The summed E-state index contributed by atoms with van der Waals surface area (Å²) in [5.41, 5.74) is 1.71. The highest BCUT2D eigenvalue weighted by Gasteiger charge is 2.45. The first kappa shape index (κ1) is 17.8. The number of carboxylic acids is 1. The Labute approximate surface area is 128 Å². The van der Waals surface area contributed by atoms with Crippen LogP contribution in [-0.4, -0.2) is 16.2 Å². The molecule has 1 unspecified atom stereocenters. The van der Waals surface area contributed by atoms with Gasteiger partial charge in [-0.15, -0.1) is 0 Å². The van der Waals surface area contributed by atoms with Crippen LogP contribution in [0.4, 0.5) is 0 Å². The predicted molar refractivity (Wildman–Crippen MR) is 86.2 cm³/mol. The molecule has 0 aromatic rings. The summed E-state index contributed by atoms with van der Waals surface area (Å²) in [5, 5.41) is 19.6. The number of hydrogen-bond acceptors (Lipinski definition) is 2. The van der Waals surface area contributed by atoms with Crippen LogP contribution in [-0.2, 0) is 4.79 Å². The lowest BCUT2D eigenvalue weighted by atomic mass is 9.59. The van der Waals surface area contributed by atoms with E-state index in [9.17, 15) is 9.90 Å². The van der Waals surface area contributed by atoms with Crippen LogP contribution in [0.5, 0.6) is 0 Å². The summed E-state index contributed by atoms with van der Waals surface area (Å²) in [6.45, 7) is 14.7. The number of carboxylic acid groups (broad SMARTS) is 1. The molecule has 3 heteroatoms. The first-order valence-electron chi connectivity index (χ1n) is 7.64. The van der Waals surface area contributed by atoms with E-state index < -0.39 is 5.97 Å². The van der Waals surface area contributed by atoms with Gasteiger partial charge in [-0.05, 0) is 35.3 Å². The van der Waals surface area contributed by atoms with Crippen LogP contribution in [0.25, 0.3) is 0 Å². The van der Waals surface area contributed by atoms with E-state index in [2.05, 4.69) is 48.5 Å². The molecule has 0 spiro atoms. The number of aliphatic hydroxyl groups is 1. The molecule has 0 aliphatic heterocycles. The van der Waals surface area contributed by atoms with Gasteiger partial charge in [-0.1, -0.05) is 54.0 Å². The quantitative estimate of drug-likeness (QED) is 0.762. The van der Waals surface area contributed by atoms with E-state index in [1.165, 1.54) is 5.57 Å². The van der Waals surface area contributed by atoms with Gasteiger partial charge in [-0.3, -0.25) is 4.79 Å². The van der Waals surface area contributed by atoms with E-state index in [0.29, 0.717) is 12.2 Å². The summed E-state index contributed by atoms with van der Waals surface area (Å²) in [4.78, 5) is 10.9. The molecule has 1 aliphatic rings. The second kappa shape index (κ2) is 5.51. The van der Waals surface area contributed by atoms with Crippen LogP contribution < -0.4 is 0 Å². The first-order valence-corrected chi connectivity index (χ1v) is 7.64. The Morgan fingerprint density at radius 3 is 2.14 bits per heavy atom. The van der Waals surface area contributed by atoms with Crippen LogP contribution in [0.1, 0.15) is 67.7 Å². The highest BCUT2D eigenvalue weighted by atomic mass is 16.4. The fraction of sp³-hybridized carbons (Fsp3) is 0.722. The summed E-state index contributed by atoms with van der Waals surface area (Å²) in [6.07, 6.45) is 3.30. The maximum Gasteiger partial charge on any atom is 0.303 e. The summed E-state index contributed by atoms with van der Waals surface area (Å²) < 4.78 is 0. The number of hydrogen-bond donors (Lipinski definition) is 2. The number of carbonyl (C=O) groups is 1. The lowest BCUT2D eigenvalue weighted by Crippen LogP contribution is -2.38. The van der Waals surface area contributed by atoms with Crippen molar-refractivity contribution in [1.82, 2.24) is 0 Å². The summed E-state index contributed by atoms with van der Waals surface area (Å²) in [7, 11) is 0. The van der Waals surface area contributed by atoms with Gasteiger partial charge < -0.3 is 10.2 Å². The normalized spacial score (nSPS) is 24.0. The second-order valence-corrected chi connectivity index (χ2v) is 8.45. The molecule has 0 saturated carbocycles. The van der Waals surface area contributed by atoms with Crippen molar-refractivity contribution >= 4 is 5.97 Å². The van der Waals surface area contributed by atoms with Gasteiger partial charge in [0.15, 0.2) is 0 Å². The van der Waals surface area contributed by atoms with E-state index >= 15 is 0 Å². The molecule has 0 radical (unpaired) electrons. The summed E-state index contributed by atoms with van der Waals surface area (Å²) in [5.74, 6) is -0.356. The number of allylic oxidation sites excluding steroid dienone is 4. The van der Waals surface area contributed by atoms with Gasteiger partial charge in [0.1, 0.15) is 0 Å². The first-order chi connectivity index (χ1) is 9.29. The molecule has 120 valence electrons. The molecule has 1 atom stereocenters. The van der Waals surface area contributed by atoms with Crippen molar-refractivity contribution in [3.05, 3.63) is 23.0 Å². The van der Waals surface area contributed by atoms with Crippen LogP contribution in [0.15, 0.2) is 23.0 Å². The molecule has 2 N–H and O–H groups in total. The van der Waals surface area contributed by atoms with Crippen molar-refractivity contribution in [2.45, 2.75) is 67.7 Å². The summed E-state index contributed by atoms with van der Waals surface area (Å²) in [6, 6.07) is 0. The lowest BCUT2D eigenvalue weighted by molar-refractivity contribution is -0.137. The Hall–Kier alpha value is -1.25. The predicted octanol–water partition coefficient (Wildman–Crippen LogP) is 5.09. The van der Waals surface area contributed by atoms with Crippen molar-refractivity contribution in [2.24, 2.45) is 16.2 Å². The second-order valence-electron chi connectivity index (χ2n) is 8.45. The van der Waals surface area contributed by atoms with E-state index in [1.54, 1.807) is 0 Å². The fourth-order valence-corrected chi connectivity index (χ4v) is 2.89. The molecule has 1 rings (SSSR count). The molecular formula is C18H30O3. The van der Waals surface area contributed by atoms with Gasteiger partial charge in [-0.2, -0.15) is 0 Å². The minimum Gasteiger partial charge on any atom is -0.512 e. The van der Waals surface area contributed by atoms with Crippen LogP contribution in [0.3, 0.4) is 0 Å². The molecule has 0 amide bonds. The minimum atomic E-state index is -0.771. The van der Waals surface area contributed by atoms with Gasteiger partial charge in [0.2, 0.25) is 0 Å². The van der Waals surface area contributed by atoms with Crippen molar-refractivity contribution < 1.29 is 15.0 Å². The molecule has 0 fully saturated rings. The molecule has 0 aromatic heterocycles. The van der Waals surface area contributed by atoms with Gasteiger partial charge >= 0.3 is 5.97 Å². The lowest BCUT2D eigenvalue weighted by Gasteiger charge is -2.46. The molecule has 0 heterocycles. The maximum absolute atomic E-state index is 10.9. The van der Waals surface area contributed by atoms with Crippen molar-refractivity contribution in [1.29, 1.82) is 0 Å². The van der Waals surface area contributed by atoms with E-state index in [1.807, 2.05) is 6.08 Å². The van der Waals surface area contributed by atoms with Crippen LogP contribution in [0.2, 0.25) is 0 Å². The standard InChI is InChI=1S/C18H30O3/c1-16(2,3)13-10-14(19)18(7,17(4,5)6)11-12(13)8-9-15(20)21/h10,19H,8-9,11H2,1-7H3,(H,20,21). The number of aliphatic carboxylic acids is 1. The zero-order chi connectivity index (χ0) is 16.6. The SMILES string of the molecule is CC(C)(C)C1=C(CCC(=O)O)CC(C)(C(C)(C)C)C(O)=C1. The Morgan fingerprint density at radius 1 is 1.24 bits per heavy atom. The third-order valence-electron chi connectivity index (χ3n) is 4.90. The number of aliphatic hydroxyl groups excluding tert-OH is 1. The van der Waals surface area contributed by atoms with E-state index in [4.69, 9.17) is 5.11 Å². The highest BCUT2D eigenvalue weighted by Crippen LogP contribution is 2.53. The van der Waals surface area contributed by atoms with Crippen molar-refractivity contribution in [2.75, 3.05) is 0 Å². The van der Waals surface area contributed by atoms with E-state index in [0.717, 1.165) is 12.0 Å². The summed E-state index contributed by atoms with van der Waals surface area (Å²) >= 11 is 0. The Bertz CT molecular complexity index is 484. The molecule has 3 nitrogen and oxygen atoms in total. The van der Waals surface area contributed by atoms with Crippen molar-refractivity contribution in [3.8, 4) is 0 Å². The molecule has 1 aliphatic carbocycles. The zero-order valence-corrected chi connectivity index (χ0v) is 14.5. The average Bonchev–Trinajstić information content (AvgIpc) is 2.27. The molecular weight excluding hydrogens is 264 g/mol. The van der Waals surface area contributed by atoms with Gasteiger partial charge in [0.25, 0.3) is 0 Å². The topological polar surface area (TPSA) is 57.5 Å². The Kier molecular flexibility index (Phi) is 4.67.